The summed E-state index contributed by atoms with van der Waals surface area (Å²) in [5.41, 5.74) is 0.987. The van der Waals surface area contributed by atoms with Crippen molar-refractivity contribution in [3.63, 3.8) is 0 Å². The second-order valence-corrected chi connectivity index (χ2v) is 11.2. The van der Waals surface area contributed by atoms with Crippen LogP contribution in [0.4, 0.5) is 0 Å². The van der Waals surface area contributed by atoms with E-state index in [4.69, 9.17) is 4.74 Å². The first kappa shape index (κ1) is 25.2. The van der Waals surface area contributed by atoms with Gasteiger partial charge in [-0.25, -0.2) is 8.42 Å². The average Bonchev–Trinajstić information content (AvgIpc) is 2.83. The van der Waals surface area contributed by atoms with Crippen molar-refractivity contribution in [2.24, 2.45) is 0 Å². The molecular weight excluding hydrogens is 438 g/mol. The summed E-state index contributed by atoms with van der Waals surface area (Å²) < 4.78 is 33.2. The van der Waals surface area contributed by atoms with Crippen LogP contribution in [0.25, 0.3) is 0 Å². The number of benzene rings is 2. The maximum absolute atomic E-state index is 13.3. The number of ether oxygens (including phenoxy) is 1. The molecule has 1 heterocycles. The molecule has 1 aliphatic heterocycles. The summed E-state index contributed by atoms with van der Waals surface area (Å²) >= 11 is 0. The van der Waals surface area contributed by atoms with E-state index in [0.717, 1.165) is 18.7 Å². The Morgan fingerprint density at radius 3 is 2.39 bits per heavy atom. The first-order valence-corrected chi connectivity index (χ1v) is 12.8. The molecule has 2 aromatic carbocycles. The predicted molar refractivity (Wildman–Crippen MR) is 130 cm³/mol. The van der Waals surface area contributed by atoms with Gasteiger partial charge in [0, 0.05) is 31.2 Å². The van der Waals surface area contributed by atoms with Crippen molar-refractivity contribution in [1.82, 2.24) is 14.5 Å². The number of rotatable bonds is 9. The summed E-state index contributed by atoms with van der Waals surface area (Å²) in [6.07, 6.45) is 3.60. The Kier molecular flexibility index (Phi) is 8.15. The van der Waals surface area contributed by atoms with Crippen LogP contribution in [-0.4, -0.2) is 62.9 Å². The molecule has 0 aromatic heterocycles. The molecule has 1 fully saturated rings. The van der Waals surface area contributed by atoms with Crippen LogP contribution in [0.5, 0.6) is 5.75 Å². The Morgan fingerprint density at radius 2 is 1.76 bits per heavy atom. The third-order valence-electron chi connectivity index (χ3n) is 6.26. The van der Waals surface area contributed by atoms with Crippen molar-refractivity contribution in [2.75, 3.05) is 33.8 Å². The Morgan fingerprint density at radius 1 is 1.09 bits per heavy atom. The molecule has 1 amide bonds. The molecule has 0 radical (unpaired) electrons. The van der Waals surface area contributed by atoms with Gasteiger partial charge < -0.3 is 10.1 Å². The van der Waals surface area contributed by atoms with Crippen molar-refractivity contribution in [3.8, 4) is 5.75 Å². The van der Waals surface area contributed by atoms with Crippen LogP contribution in [0, 0.1) is 0 Å². The number of amides is 1. The highest BCUT2D eigenvalue weighted by Crippen LogP contribution is 2.28. The molecule has 7 nitrogen and oxygen atoms in total. The van der Waals surface area contributed by atoms with Gasteiger partial charge in [0.25, 0.3) is 5.91 Å². The fraction of sp³-hybridized carbons (Fsp3) is 0.480. The number of nitrogens with one attached hydrogen (secondary N) is 1. The SMILES string of the molecule is COc1ccc(C(=O)NCC(C)(C)N2CCCCC2)cc1S(=O)(=O)N(C)Cc1ccccc1. The van der Waals surface area contributed by atoms with Crippen molar-refractivity contribution in [3.05, 3.63) is 59.7 Å². The van der Waals surface area contributed by atoms with Crippen LogP contribution < -0.4 is 10.1 Å². The second-order valence-electron chi connectivity index (χ2n) is 9.16. The predicted octanol–water partition coefficient (Wildman–Crippen LogP) is 3.51. The molecule has 2 aromatic rings. The molecule has 3 rings (SSSR count). The summed E-state index contributed by atoms with van der Waals surface area (Å²) in [5, 5.41) is 2.99. The standard InChI is InChI=1S/C25H35N3O4S/c1-25(2,28-15-9-6-10-16-28)19-26-24(29)21-13-14-22(32-4)23(17-21)33(30,31)27(3)18-20-11-7-5-8-12-20/h5,7-8,11-14,17H,6,9-10,15-16,18-19H2,1-4H3,(H,26,29). The van der Waals surface area contributed by atoms with E-state index in [-0.39, 0.29) is 34.2 Å². The highest BCUT2D eigenvalue weighted by molar-refractivity contribution is 7.89. The molecule has 33 heavy (non-hydrogen) atoms. The monoisotopic (exact) mass is 473 g/mol. The van der Waals surface area contributed by atoms with Gasteiger partial charge in [-0.1, -0.05) is 36.8 Å². The third kappa shape index (κ3) is 6.13. The van der Waals surface area contributed by atoms with E-state index in [1.54, 1.807) is 6.07 Å². The minimum atomic E-state index is -3.88. The van der Waals surface area contributed by atoms with Crippen LogP contribution in [-0.2, 0) is 16.6 Å². The average molecular weight is 474 g/mol. The molecule has 1 N–H and O–H groups in total. The number of piperidine rings is 1. The number of carbonyl (C=O) groups excluding carboxylic acids is 1. The van der Waals surface area contributed by atoms with Crippen LogP contribution in [0.15, 0.2) is 53.4 Å². The summed E-state index contributed by atoms with van der Waals surface area (Å²) in [7, 11) is -0.930. The molecule has 0 spiro atoms. The Bertz CT molecular complexity index is 1050. The largest absolute Gasteiger partial charge is 0.495 e. The van der Waals surface area contributed by atoms with Gasteiger partial charge in [-0.15, -0.1) is 0 Å². The van der Waals surface area contributed by atoms with Gasteiger partial charge in [0.2, 0.25) is 10.0 Å². The lowest BCUT2D eigenvalue weighted by molar-refractivity contribution is 0.0797. The van der Waals surface area contributed by atoms with Gasteiger partial charge in [0.15, 0.2) is 0 Å². The maximum atomic E-state index is 13.3. The fourth-order valence-electron chi connectivity index (χ4n) is 4.12. The van der Waals surface area contributed by atoms with Crippen LogP contribution in [0.1, 0.15) is 49.0 Å². The zero-order chi connectivity index (χ0) is 24.1. The van der Waals surface area contributed by atoms with Gasteiger partial charge in [0.05, 0.1) is 7.11 Å². The van der Waals surface area contributed by atoms with Gasteiger partial charge in [-0.2, -0.15) is 4.31 Å². The number of nitrogens with zero attached hydrogens (tertiary/aromatic N) is 2. The molecule has 0 bridgehead atoms. The minimum absolute atomic E-state index is 0.0219. The number of sulfonamides is 1. The lowest BCUT2D eigenvalue weighted by Gasteiger charge is -2.41. The molecule has 0 unspecified atom stereocenters. The highest BCUT2D eigenvalue weighted by atomic mass is 32.2. The van der Waals surface area contributed by atoms with Crippen LogP contribution in [0.3, 0.4) is 0 Å². The van der Waals surface area contributed by atoms with E-state index in [0.29, 0.717) is 6.54 Å². The number of carbonyl (C=O) groups is 1. The molecule has 1 saturated heterocycles. The van der Waals surface area contributed by atoms with Gasteiger partial charge in [0.1, 0.15) is 10.6 Å². The lowest BCUT2D eigenvalue weighted by Crippen LogP contribution is -2.53. The highest BCUT2D eigenvalue weighted by Gasteiger charge is 2.29. The van der Waals surface area contributed by atoms with Gasteiger partial charge in [-0.05, 0) is 63.5 Å². The number of likely N-dealkylation sites (tertiary alicyclic amines) is 1. The normalized spacial score (nSPS) is 15.4. The Labute approximate surface area is 197 Å². The minimum Gasteiger partial charge on any atom is -0.495 e. The van der Waals surface area contributed by atoms with Gasteiger partial charge >= 0.3 is 0 Å². The quantitative estimate of drug-likeness (QED) is 0.603. The van der Waals surface area contributed by atoms with Gasteiger partial charge in [-0.3, -0.25) is 9.69 Å². The van der Waals surface area contributed by atoms with Crippen LogP contribution in [0.2, 0.25) is 0 Å². The van der Waals surface area contributed by atoms with E-state index in [1.165, 1.54) is 49.9 Å². The van der Waals surface area contributed by atoms with E-state index >= 15 is 0 Å². The summed E-state index contributed by atoms with van der Waals surface area (Å²) in [5.74, 6) is -0.0926. The lowest BCUT2D eigenvalue weighted by atomic mass is 9.98. The molecule has 0 atom stereocenters. The Balaban J connectivity index is 1.77. The van der Waals surface area contributed by atoms with Crippen molar-refractivity contribution in [1.29, 1.82) is 0 Å². The van der Waals surface area contributed by atoms with Crippen molar-refractivity contribution in [2.45, 2.75) is 50.1 Å². The topological polar surface area (TPSA) is 79.0 Å². The zero-order valence-corrected chi connectivity index (χ0v) is 20.8. The molecule has 8 heteroatoms. The number of hydrogen-bond acceptors (Lipinski definition) is 5. The zero-order valence-electron chi connectivity index (χ0n) is 20.0. The maximum Gasteiger partial charge on any atom is 0.251 e. The van der Waals surface area contributed by atoms with E-state index in [1.807, 2.05) is 30.3 Å². The summed E-state index contributed by atoms with van der Waals surface area (Å²) in [4.78, 5) is 15.3. The molecule has 180 valence electrons. The summed E-state index contributed by atoms with van der Waals surface area (Å²) in [6, 6.07) is 13.9. The van der Waals surface area contributed by atoms with Crippen molar-refractivity contribution < 1.29 is 17.9 Å². The summed E-state index contributed by atoms with van der Waals surface area (Å²) in [6.45, 7) is 7.01. The van der Waals surface area contributed by atoms with E-state index in [9.17, 15) is 13.2 Å². The van der Waals surface area contributed by atoms with E-state index < -0.39 is 10.0 Å². The first-order valence-electron chi connectivity index (χ1n) is 11.4. The second kappa shape index (κ2) is 10.7. The smallest absolute Gasteiger partial charge is 0.251 e. The molecule has 0 aliphatic carbocycles. The number of hydrogen-bond donors (Lipinski definition) is 1. The van der Waals surface area contributed by atoms with Crippen molar-refractivity contribution >= 4 is 15.9 Å². The fourth-order valence-corrected chi connectivity index (χ4v) is 5.46. The number of methoxy groups -OCH3 is 1. The van der Waals surface area contributed by atoms with Crippen LogP contribution >= 0.6 is 0 Å². The molecule has 1 aliphatic rings. The Hall–Kier alpha value is -2.42. The third-order valence-corrected chi connectivity index (χ3v) is 8.08. The first-order chi connectivity index (χ1) is 15.6. The van der Waals surface area contributed by atoms with E-state index in [2.05, 4.69) is 24.1 Å². The molecular formula is C25H35N3O4S. The molecule has 0 saturated carbocycles.